The Morgan fingerprint density at radius 1 is 1.00 bits per heavy atom. The number of nitrogens with two attached hydrogens (primary N) is 1. The van der Waals surface area contributed by atoms with Crippen LogP contribution < -0.4 is 5.73 Å². The number of aryl methyl sites for hydroxylation is 2. The number of anilines is 1. The smallest absolute Gasteiger partial charge is 0.220 e. The zero-order valence-electron chi connectivity index (χ0n) is 11.9. The number of thioether (sulfide) groups is 1. The van der Waals surface area contributed by atoms with Crippen LogP contribution in [0.5, 0.6) is 0 Å². The van der Waals surface area contributed by atoms with Crippen molar-refractivity contribution in [3.63, 3.8) is 0 Å². The molecule has 0 fully saturated rings. The van der Waals surface area contributed by atoms with Gasteiger partial charge >= 0.3 is 0 Å². The van der Waals surface area contributed by atoms with E-state index in [1.807, 2.05) is 30.0 Å². The zero-order chi connectivity index (χ0) is 14.7. The number of para-hydroxylation sites is 1. The summed E-state index contributed by atoms with van der Waals surface area (Å²) in [7, 11) is 0. The lowest BCUT2D eigenvalue weighted by atomic mass is 10.1. The third-order valence-electron chi connectivity index (χ3n) is 3.33. The molecule has 0 aliphatic carbocycles. The second-order valence-corrected chi connectivity index (χ2v) is 6.13. The molecular weight excluding hydrogens is 278 g/mol. The van der Waals surface area contributed by atoms with E-state index in [4.69, 9.17) is 5.73 Å². The average molecular weight is 295 g/mol. The molecule has 0 amide bonds. The summed E-state index contributed by atoms with van der Waals surface area (Å²) in [6.07, 6.45) is 0.881. The summed E-state index contributed by atoms with van der Waals surface area (Å²) in [6, 6.07) is 16.6. The molecule has 106 valence electrons. The maximum Gasteiger partial charge on any atom is 0.220 e. The predicted octanol–water partition coefficient (Wildman–Crippen LogP) is 3.86. The van der Waals surface area contributed by atoms with Crippen molar-refractivity contribution in [3.05, 3.63) is 59.8 Å². The van der Waals surface area contributed by atoms with Crippen LogP contribution in [0.25, 0.3) is 10.9 Å². The lowest BCUT2D eigenvalue weighted by molar-refractivity contribution is 1.05. The van der Waals surface area contributed by atoms with Gasteiger partial charge in [-0.25, -0.2) is 9.97 Å². The minimum atomic E-state index is 0.351. The SMILES string of the molecule is Cc1ccc(SCCc2nc(N)nc3ccccc23)cc1. The number of rotatable bonds is 4. The van der Waals surface area contributed by atoms with Crippen molar-refractivity contribution in [1.82, 2.24) is 9.97 Å². The normalized spacial score (nSPS) is 10.9. The molecule has 0 bridgehead atoms. The maximum absolute atomic E-state index is 5.80. The van der Waals surface area contributed by atoms with Gasteiger partial charge in [-0.05, 0) is 31.5 Å². The molecule has 4 heteroatoms. The number of hydrogen-bond donors (Lipinski definition) is 1. The predicted molar refractivity (Wildman–Crippen MR) is 89.6 cm³/mol. The summed E-state index contributed by atoms with van der Waals surface area (Å²) in [4.78, 5) is 9.96. The van der Waals surface area contributed by atoms with Gasteiger partial charge in [0.15, 0.2) is 0 Å². The fourth-order valence-electron chi connectivity index (χ4n) is 2.25. The van der Waals surface area contributed by atoms with Gasteiger partial charge in [-0.1, -0.05) is 35.9 Å². The highest BCUT2D eigenvalue weighted by Crippen LogP contribution is 2.22. The molecule has 0 aliphatic heterocycles. The number of nitrogens with zero attached hydrogens (tertiary/aromatic N) is 2. The van der Waals surface area contributed by atoms with Crippen LogP contribution in [0.15, 0.2) is 53.4 Å². The van der Waals surface area contributed by atoms with Crippen molar-refractivity contribution in [1.29, 1.82) is 0 Å². The highest BCUT2D eigenvalue weighted by atomic mass is 32.2. The van der Waals surface area contributed by atoms with Crippen molar-refractivity contribution in [2.45, 2.75) is 18.2 Å². The number of aromatic nitrogens is 2. The Balaban J connectivity index is 1.74. The van der Waals surface area contributed by atoms with Crippen molar-refractivity contribution >= 4 is 28.6 Å². The first-order chi connectivity index (χ1) is 10.2. The first-order valence-corrected chi connectivity index (χ1v) is 7.91. The maximum atomic E-state index is 5.80. The topological polar surface area (TPSA) is 51.8 Å². The van der Waals surface area contributed by atoms with Crippen molar-refractivity contribution < 1.29 is 0 Å². The van der Waals surface area contributed by atoms with Gasteiger partial charge in [-0.2, -0.15) is 0 Å². The van der Waals surface area contributed by atoms with Gasteiger partial charge < -0.3 is 5.73 Å². The van der Waals surface area contributed by atoms with Gasteiger partial charge in [-0.15, -0.1) is 11.8 Å². The summed E-state index contributed by atoms with van der Waals surface area (Å²) in [5.74, 6) is 1.33. The van der Waals surface area contributed by atoms with E-state index in [-0.39, 0.29) is 0 Å². The van der Waals surface area contributed by atoms with Crippen LogP contribution in [0.1, 0.15) is 11.3 Å². The van der Waals surface area contributed by atoms with Crippen LogP contribution >= 0.6 is 11.8 Å². The second-order valence-electron chi connectivity index (χ2n) is 4.96. The van der Waals surface area contributed by atoms with E-state index in [0.717, 1.165) is 28.8 Å². The Labute approximate surface area is 128 Å². The number of benzene rings is 2. The van der Waals surface area contributed by atoms with E-state index < -0.39 is 0 Å². The fraction of sp³-hybridized carbons (Fsp3) is 0.176. The Morgan fingerprint density at radius 2 is 1.76 bits per heavy atom. The first kappa shape index (κ1) is 13.9. The van der Waals surface area contributed by atoms with E-state index >= 15 is 0 Å². The lowest BCUT2D eigenvalue weighted by Crippen LogP contribution is -2.02. The van der Waals surface area contributed by atoms with Gasteiger partial charge in [0.25, 0.3) is 0 Å². The number of fused-ring (bicyclic) bond motifs is 1. The van der Waals surface area contributed by atoms with Gasteiger partial charge in [0.2, 0.25) is 5.95 Å². The van der Waals surface area contributed by atoms with Gasteiger partial charge in [0, 0.05) is 16.0 Å². The van der Waals surface area contributed by atoms with Crippen molar-refractivity contribution in [2.75, 3.05) is 11.5 Å². The van der Waals surface area contributed by atoms with E-state index in [9.17, 15) is 0 Å². The summed E-state index contributed by atoms with van der Waals surface area (Å²) in [5, 5.41) is 1.09. The average Bonchev–Trinajstić information content (AvgIpc) is 2.49. The molecule has 2 aromatic carbocycles. The number of hydrogen-bond acceptors (Lipinski definition) is 4. The summed E-state index contributed by atoms with van der Waals surface area (Å²) < 4.78 is 0. The van der Waals surface area contributed by atoms with E-state index in [1.54, 1.807) is 0 Å². The molecule has 1 aromatic heterocycles. The van der Waals surface area contributed by atoms with Gasteiger partial charge in [0.05, 0.1) is 11.2 Å². The molecule has 0 aliphatic rings. The largest absolute Gasteiger partial charge is 0.368 e. The minimum Gasteiger partial charge on any atom is -0.368 e. The Bertz CT molecular complexity index is 754. The molecule has 0 saturated carbocycles. The molecule has 1 heterocycles. The van der Waals surface area contributed by atoms with Crippen LogP contribution in [-0.2, 0) is 6.42 Å². The zero-order valence-corrected chi connectivity index (χ0v) is 12.7. The highest BCUT2D eigenvalue weighted by Gasteiger charge is 2.06. The molecule has 3 aromatic rings. The molecule has 0 unspecified atom stereocenters. The second kappa shape index (κ2) is 6.14. The van der Waals surface area contributed by atoms with E-state index in [2.05, 4.69) is 47.2 Å². The standard InChI is InChI=1S/C17H17N3S/c1-12-6-8-13(9-7-12)21-11-10-16-14-4-2-3-5-15(14)19-17(18)20-16/h2-9H,10-11H2,1H3,(H2,18,19,20). The molecule has 2 N–H and O–H groups in total. The Hall–Kier alpha value is -2.07. The van der Waals surface area contributed by atoms with E-state index in [0.29, 0.717) is 5.95 Å². The monoisotopic (exact) mass is 295 g/mol. The van der Waals surface area contributed by atoms with Crippen LogP contribution in [0.3, 0.4) is 0 Å². The lowest BCUT2D eigenvalue weighted by Gasteiger charge is -2.06. The summed E-state index contributed by atoms with van der Waals surface area (Å²) in [6.45, 7) is 2.10. The summed E-state index contributed by atoms with van der Waals surface area (Å²) in [5.41, 5.74) is 9.02. The highest BCUT2D eigenvalue weighted by molar-refractivity contribution is 7.99. The first-order valence-electron chi connectivity index (χ1n) is 6.93. The third-order valence-corrected chi connectivity index (χ3v) is 4.34. The molecular formula is C17H17N3S. The third kappa shape index (κ3) is 3.34. The Morgan fingerprint density at radius 3 is 2.57 bits per heavy atom. The van der Waals surface area contributed by atoms with Crippen molar-refractivity contribution in [3.8, 4) is 0 Å². The van der Waals surface area contributed by atoms with Gasteiger partial charge in [-0.3, -0.25) is 0 Å². The minimum absolute atomic E-state index is 0.351. The molecule has 21 heavy (non-hydrogen) atoms. The fourth-order valence-corrected chi connectivity index (χ4v) is 3.11. The molecule has 0 saturated heterocycles. The van der Waals surface area contributed by atoms with Crippen LogP contribution in [0.4, 0.5) is 5.95 Å². The molecule has 3 nitrogen and oxygen atoms in total. The van der Waals surface area contributed by atoms with Gasteiger partial charge in [0.1, 0.15) is 0 Å². The van der Waals surface area contributed by atoms with Crippen LogP contribution in [0, 0.1) is 6.92 Å². The molecule has 0 spiro atoms. The Kier molecular flexibility index (Phi) is 4.06. The van der Waals surface area contributed by atoms with Crippen LogP contribution in [0.2, 0.25) is 0 Å². The quantitative estimate of drug-likeness (QED) is 0.743. The van der Waals surface area contributed by atoms with Crippen molar-refractivity contribution in [2.24, 2.45) is 0 Å². The van der Waals surface area contributed by atoms with Crippen LogP contribution in [-0.4, -0.2) is 15.7 Å². The molecule has 3 rings (SSSR count). The van der Waals surface area contributed by atoms with E-state index in [1.165, 1.54) is 10.5 Å². The molecule has 0 atom stereocenters. The summed E-state index contributed by atoms with van der Waals surface area (Å²) >= 11 is 1.84. The number of nitrogen functional groups attached to an aromatic ring is 1. The molecule has 0 radical (unpaired) electrons.